The fourth-order valence-corrected chi connectivity index (χ4v) is 3.34. The lowest BCUT2D eigenvalue weighted by atomic mass is 10.1. The van der Waals surface area contributed by atoms with Crippen LogP contribution in [-0.4, -0.2) is 31.7 Å². The van der Waals surface area contributed by atoms with Crippen molar-refractivity contribution < 1.29 is 19.1 Å². The Bertz CT molecular complexity index is 903. The van der Waals surface area contributed by atoms with E-state index in [0.717, 1.165) is 11.1 Å². The molecule has 7 nitrogen and oxygen atoms in total. The van der Waals surface area contributed by atoms with E-state index in [1.807, 2.05) is 37.3 Å². The largest absolute Gasteiger partial charge is 0.486 e. The van der Waals surface area contributed by atoms with Crippen LogP contribution in [0.15, 0.2) is 36.4 Å². The van der Waals surface area contributed by atoms with E-state index in [-0.39, 0.29) is 18.0 Å². The number of amides is 3. The minimum Gasteiger partial charge on any atom is -0.486 e. The van der Waals surface area contributed by atoms with Gasteiger partial charge in [-0.1, -0.05) is 23.7 Å². The van der Waals surface area contributed by atoms with E-state index >= 15 is 0 Å². The van der Waals surface area contributed by atoms with Gasteiger partial charge in [-0.2, -0.15) is 0 Å². The predicted octanol–water partition coefficient (Wildman–Crippen LogP) is 3.67. The molecule has 0 radical (unpaired) electrons. The van der Waals surface area contributed by atoms with Crippen molar-refractivity contribution in [2.75, 3.05) is 25.1 Å². The number of hydrogen-bond donors (Lipinski definition) is 3. The Hall–Kier alpha value is -2.93. The second-order valence-electron chi connectivity index (χ2n) is 6.78. The van der Waals surface area contributed by atoms with Gasteiger partial charge in [-0.05, 0) is 48.7 Å². The second-order valence-corrected chi connectivity index (χ2v) is 7.19. The lowest BCUT2D eigenvalue weighted by Crippen LogP contribution is -2.38. The molecule has 1 aliphatic rings. The van der Waals surface area contributed by atoms with Crippen LogP contribution in [0.3, 0.4) is 0 Å². The number of hydrogen-bond acceptors (Lipinski definition) is 4. The van der Waals surface area contributed by atoms with Gasteiger partial charge >= 0.3 is 6.03 Å². The van der Waals surface area contributed by atoms with Crippen molar-refractivity contribution in [3.8, 4) is 11.5 Å². The molecule has 0 bridgehead atoms. The van der Waals surface area contributed by atoms with E-state index < -0.39 is 0 Å². The summed E-state index contributed by atoms with van der Waals surface area (Å²) in [5, 5.41) is 8.98. The molecule has 0 saturated heterocycles. The maximum absolute atomic E-state index is 12.2. The van der Waals surface area contributed by atoms with Crippen LogP contribution in [0.4, 0.5) is 10.5 Å². The van der Waals surface area contributed by atoms with E-state index in [0.29, 0.717) is 48.4 Å². The molecule has 1 heterocycles. The third-order valence-corrected chi connectivity index (χ3v) is 4.69. The molecule has 2 aromatic carbocycles. The molecule has 0 saturated carbocycles. The average molecular weight is 418 g/mol. The van der Waals surface area contributed by atoms with E-state index in [1.165, 1.54) is 6.92 Å². The highest BCUT2D eigenvalue weighted by atomic mass is 35.5. The highest BCUT2D eigenvalue weighted by Crippen LogP contribution is 2.38. The standard InChI is InChI=1S/C21H24ClN3O4/c1-13(16-4-3-5-17(12-16)25-14(2)26)24-21(27)23-7-6-15-10-18(22)20-19(11-15)28-8-9-29-20/h3-5,10-13H,6-9H2,1-2H3,(H,25,26)(H2,23,24,27)/t13-/m0/s1. The summed E-state index contributed by atoms with van der Waals surface area (Å²) >= 11 is 6.24. The first-order chi connectivity index (χ1) is 13.9. The Labute approximate surface area is 174 Å². The number of anilines is 1. The zero-order valence-electron chi connectivity index (χ0n) is 16.4. The third-order valence-electron chi connectivity index (χ3n) is 4.41. The highest BCUT2D eigenvalue weighted by Gasteiger charge is 2.17. The Kier molecular flexibility index (Phi) is 6.82. The van der Waals surface area contributed by atoms with Crippen molar-refractivity contribution in [3.63, 3.8) is 0 Å². The summed E-state index contributed by atoms with van der Waals surface area (Å²) in [5.74, 6) is 1.07. The molecule has 0 aromatic heterocycles. The lowest BCUT2D eigenvalue weighted by Gasteiger charge is -2.20. The predicted molar refractivity (Wildman–Crippen MR) is 112 cm³/mol. The van der Waals surface area contributed by atoms with Crippen LogP contribution in [0.5, 0.6) is 11.5 Å². The van der Waals surface area contributed by atoms with Crippen LogP contribution < -0.4 is 25.4 Å². The smallest absolute Gasteiger partial charge is 0.315 e. The molecule has 0 aliphatic carbocycles. The van der Waals surface area contributed by atoms with E-state index in [4.69, 9.17) is 21.1 Å². The topological polar surface area (TPSA) is 88.7 Å². The number of fused-ring (bicyclic) bond motifs is 1. The van der Waals surface area contributed by atoms with Crippen molar-refractivity contribution in [3.05, 3.63) is 52.5 Å². The van der Waals surface area contributed by atoms with E-state index in [2.05, 4.69) is 16.0 Å². The zero-order chi connectivity index (χ0) is 20.8. The molecule has 1 aliphatic heterocycles. The number of carbonyl (C=O) groups is 2. The molecule has 0 unspecified atom stereocenters. The minimum atomic E-state index is -0.272. The Morgan fingerprint density at radius 2 is 1.97 bits per heavy atom. The first-order valence-electron chi connectivity index (χ1n) is 9.42. The third kappa shape index (κ3) is 5.77. The second kappa shape index (κ2) is 9.52. The van der Waals surface area contributed by atoms with Crippen molar-refractivity contribution >= 4 is 29.2 Å². The summed E-state index contributed by atoms with van der Waals surface area (Å²) in [7, 11) is 0. The summed E-state index contributed by atoms with van der Waals surface area (Å²) in [4.78, 5) is 23.4. The van der Waals surface area contributed by atoms with Gasteiger partial charge in [0.05, 0.1) is 11.1 Å². The maximum Gasteiger partial charge on any atom is 0.315 e. The summed E-state index contributed by atoms with van der Waals surface area (Å²) in [6.45, 7) is 4.76. The molecule has 3 N–H and O–H groups in total. The lowest BCUT2D eigenvalue weighted by molar-refractivity contribution is -0.114. The number of urea groups is 1. The molecule has 1 atom stereocenters. The van der Waals surface area contributed by atoms with Crippen LogP contribution >= 0.6 is 11.6 Å². The summed E-state index contributed by atoms with van der Waals surface area (Å²) in [6, 6.07) is 10.6. The Morgan fingerprint density at radius 3 is 2.76 bits per heavy atom. The molecule has 0 fully saturated rings. The fraction of sp³-hybridized carbons (Fsp3) is 0.333. The first kappa shape index (κ1) is 20.8. The molecule has 2 aromatic rings. The molecular weight excluding hydrogens is 394 g/mol. The molecule has 3 amide bonds. The van der Waals surface area contributed by atoms with E-state index in [9.17, 15) is 9.59 Å². The molecule has 3 rings (SSSR count). The fourth-order valence-electron chi connectivity index (χ4n) is 3.05. The van der Waals surface area contributed by atoms with Crippen molar-refractivity contribution in [1.29, 1.82) is 0 Å². The SMILES string of the molecule is CC(=O)Nc1cccc([C@H](C)NC(=O)NCCc2cc(Cl)c3c(c2)OCCO3)c1. The molecule has 29 heavy (non-hydrogen) atoms. The van der Waals surface area contributed by atoms with Gasteiger partial charge in [0.2, 0.25) is 5.91 Å². The van der Waals surface area contributed by atoms with Crippen LogP contribution in [0, 0.1) is 0 Å². The maximum atomic E-state index is 12.2. The van der Waals surface area contributed by atoms with Crippen molar-refractivity contribution in [2.45, 2.75) is 26.3 Å². The van der Waals surface area contributed by atoms with Crippen LogP contribution in [0.1, 0.15) is 31.0 Å². The summed E-state index contributed by atoms with van der Waals surface area (Å²) in [5.41, 5.74) is 2.54. The molecule has 0 spiro atoms. The van der Waals surface area contributed by atoms with E-state index in [1.54, 1.807) is 6.07 Å². The summed E-state index contributed by atoms with van der Waals surface area (Å²) < 4.78 is 11.1. The molecule has 154 valence electrons. The van der Waals surface area contributed by atoms with Crippen LogP contribution in [0.25, 0.3) is 0 Å². The molecular formula is C21H24ClN3O4. The monoisotopic (exact) mass is 417 g/mol. The van der Waals surface area contributed by atoms with Crippen molar-refractivity contribution in [1.82, 2.24) is 10.6 Å². The van der Waals surface area contributed by atoms with Crippen molar-refractivity contribution in [2.24, 2.45) is 0 Å². The van der Waals surface area contributed by atoms with Gasteiger partial charge in [0.25, 0.3) is 0 Å². The van der Waals surface area contributed by atoms with Gasteiger partial charge in [-0.15, -0.1) is 0 Å². The number of ether oxygens (including phenoxy) is 2. The Morgan fingerprint density at radius 1 is 1.17 bits per heavy atom. The van der Waals surface area contributed by atoms with Gasteiger partial charge in [-0.25, -0.2) is 4.79 Å². The van der Waals surface area contributed by atoms with Gasteiger partial charge in [-0.3, -0.25) is 4.79 Å². The van der Waals surface area contributed by atoms with Crippen LogP contribution in [0.2, 0.25) is 5.02 Å². The number of nitrogens with one attached hydrogen (secondary N) is 3. The quantitative estimate of drug-likeness (QED) is 0.669. The van der Waals surface area contributed by atoms with Gasteiger partial charge in [0.1, 0.15) is 13.2 Å². The average Bonchev–Trinajstić information content (AvgIpc) is 2.68. The van der Waals surface area contributed by atoms with Crippen LogP contribution in [-0.2, 0) is 11.2 Å². The number of benzene rings is 2. The van der Waals surface area contributed by atoms with Gasteiger partial charge in [0, 0.05) is 19.2 Å². The number of carbonyl (C=O) groups excluding carboxylic acids is 2. The van der Waals surface area contributed by atoms with Gasteiger partial charge in [0.15, 0.2) is 11.5 Å². The van der Waals surface area contributed by atoms with Gasteiger partial charge < -0.3 is 25.4 Å². The molecule has 8 heteroatoms. The highest BCUT2D eigenvalue weighted by molar-refractivity contribution is 6.32. The number of rotatable bonds is 6. The number of halogens is 1. The Balaban J connectivity index is 1.50. The first-order valence-corrected chi connectivity index (χ1v) is 9.80. The zero-order valence-corrected chi connectivity index (χ0v) is 17.1. The minimum absolute atomic E-state index is 0.139. The normalized spacial score (nSPS) is 13.3. The summed E-state index contributed by atoms with van der Waals surface area (Å²) in [6.07, 6.45) is 0.607.